The number of carbonyl (C=O) groups is 3. The first-order valence-electron chi connectivity index (χ1n) is 48.0. The molecule has 9 heterocycles. The van der Waals surface area contributed by atoms with Gasteiger partial charge >= 0.3 is 18.5 Å². The van der Waals surface area contributed by atoms with Gasteiger partial charge in [0.05, 0.1) is 19.8 Å². The van der Waals surface area contributed by atoms with Crippen molar-refractivity contribution in [3.63, 3.8) is 0 Å². The number of hydrogen-bond donors (Lipinski definition) is 5. The van der Waals surface area contributed by atoms with Crippen molar-refractivity contribution < 1.29 is 127 Å². The van der Waals surface area contributed by atoms with Crippen LogP contribution in [0.1, 0.15) is 239 Å². The van der Waals surface area contributed by atoms with Gasteiger partial charge in [0.25, 0.3) is 17.7 Å². The maximum Gasteiger partial charge on any atom is 0.389 e. The zero-order chi connectivity index (χ0) is 101. The third-order valence-corrected chi connectivity index (χ3v) is 33.9. The number of nitrogens with zero attached hydrogens (tertiary/aromatic N) is 6. The van der Waals surface area contributed by atoms with Crippen LogP contribution < -0.4 is 30.2 Å². The lowest BCUT2D eigenvalue weighted by atomic mass is 9.79. The average molecular weight is 2120 g/mol. The molecular formula is C97H138BrClF9N9O19S3. The maximum absolute atomic E-state index is 13.3. The minimum Gasteiger partial charge on any atom is -0.491 e. The van der Waals surface area contributed by atoms with Gasteiger partial charge in [-0.15, -0.1) is 12.4 Å². The van der Waals surface area contributed by atoms with Crippen LogP contribution in [-0.2, 0) is 68.1 Å². The Bertz CT molecular complexity index is 5150. The van der Waals surface area contributed by atoms with Crippen molar-refractivity contribution >= 4 is 106 Å². The fourth-order valence-corrected chi connectivity index (χ4v) is 23.3. The average Bonchev–Trinajstić information content (AvgIpc) is 1.64. The quantitative estimate of drug-likeness (QED) is 0.0443. The summed E-state index contributed by atoms with van der Waals surface area (Å²) >= 11 is 3.55. The van der Waals surface area contributed by atoms with Crippen molar-refractivity contribution in [1.29, 1.82) is 0 Å². The Hall–Kier alpha value is -6.71. The fraction of sp³-hybridized carbons (Fsp3) is 0.691. The van der Waals surface area contributed by atoms with Crippen molar-refractivity contribution in [1.82, 2.24) is 28.9 Å². The summed E-state index contributed by atoms with van der Waals surface area (Å²) in [5.74, 6) is 2.33. The van der Waals surface area contributed by atoms with Crippen molar-refractivity contribution in [2.45, 2.75) is 301 Å². The molecule has 3 amide bonds. The smallest absolute Gasteiger partial charge is 0.389 e. The lowest BCUT2D eigenvalue weighted by Crippen LogP contribution is -2.50. The molecule has 3 aromatic rings. The summed E-state index contributed by atoms with van der Waals surface area (Å²) in [5.41, 5.74) is 4.25. The number of halogens is 11. The Morgan fingerprint density at radius 2 is 0.770 bits per heavy atom. The number of amides is 3. The molecule has 15 rings (SSSR count). The maximum atomic E-state index is 13.3. The number of aliphatic hydroxyl groups excluding tert-OH is 2. The molecule has 28 nitrogen and oxygen atoms in total. The van der Waals surface area contributed by atoms with Gasteiger partial charge in [-0.2, -0.15) is 52.4 Å². The summed E-state index contributed by atoms with van der Waals surface area (Å²) < 4.78 is 239. The first kappa shape index (κ1) is 114. The Morgan fingerprint density at radius 3 is 1.03 bits per heavy atom. The SMILES string of the molecule is C1CCOC1.C=CS(=O)(=O)N1CCC2(CC1)N=C(C1CCC(CCC(F)(F)F)CC1)NC2=O.Cc1cc(OCC2COC(C)(C)O2)cc(C)c1Br.Cc1cc(OC[C@H](O)CO)cc(C)c1/C=C/S(=O)(=O)N1CCC2(CC1)N=C(C1CCC(CCC(F)(F)F)CC1)NC2=O.Cc1cc(OC[C@H]2COC(C)(C)O2)cc(C)c1/C=C/S(=O)(=O)N1CCC2(CC1)N=C(C1CCC(CCC(F)(F)F)CC1)NC2=O.Cl. The predicted octanol–water partition coefficient (Wildman–Crippen LogP) is 17.3. The van der Waals surface area contributed by atoms with E-state index in [2.05, 4.69) is 57.3 Å². The molecule has 139 heavy (non-hydrogen) atoms. The number of ether oxygens (including phenoxy) is 8. The lowest BCUT2D eigenvalue weighted by molar-refractivity contribution is -0.141. The summed E-state index contributed by atoms with van der Waals surface area (Å²) in [6.45, 7) is 26.9. The van der Waals surface area contributed by atoms with E-state index >= 15 is 0 Å². The highest BCUT2D eigenvalue weighted by atomic mass is 79.9. The van der Waals surface area contributed by atoms with E-state index in [0.29, 0.717) is 145 Å². The van der Waals surface area contributed by atoms with Crippen LogP contribution in [-0.4, -0.2) is 241 Å². The number of aryl methyl sites for hydroxylation is 6. The van der Waals surface area contributed by atoms with Crippen molar-refractivity contribution in [2.75, 3.05) is 92.1 Å². The van der Waals surface area contributed by atoms with Crippen LogP contribution in [0.25, 0.3) is 12.2 Å². The van der Waals surface area contributed by atoms with E-state index in [1.807, 2.05) is 79.7 Å². The highest BCUT2D eigenvalue weighted by molar-refractivity contribution is 9.10. The zero-order valence-corrected chi connectivity index (χ0v) is 85.8. The second-order valence-electron chi connectivity index (χ2n) is 39.5. The standard InChI is InChI=1S/C32H44F3N3O6S.C29H40F3N3O6S.C18H26F3N3O3S.C14H19BrO3.C4H8O.ClH/c1-21-17-25(42-19-26-20-43-30(3,4)44-26)18-22(2)27(21)10-16-45(40,41)38-14-12-31(13-15-38)29(39)36-28(37-31)24-7-5-23(6-8-24)9-11-32(33,34)35;1-19-15-24(41-18-23(37)17-36)16-20(2)25(19)8-14-42(39,40)35-12-10-28(11-13-35)27(38)33-26(34-28)22-5-3-21(4-6-22)7-9-29(30,31)32;1-2-28(26,27)24-11-9-17(10-12-24)16(25)22-15(23-17)14-5-3-13(4-6-14)7-8-18(19,20)21;1-9-5-11(6-10(2)13(9)15)16-7-12-8-17-14(3,4)18-12;1-2-4-5-3-1;/h10,16-18,23-24,26H,5-9,11-15,19-20H2,1-4H3,(H,36,37,39);8,14-16,21-23,36-37H,3-7,9-13,17-18H2,1-2H3,(H,33,34,38);2,13-14H,1,3-12H2,(H,22,23,25);5-6,12H,7-8H2,1-4H3;1-4H2;1H/b16-10+;14-8+;;;;/t23?,24?,26-;21?,22?,23-;;;;/m01..../s1. The molecule has 3 atom stereocenters. The fourth-order valence-electron chi connectivity index (χ4n) is 19.8. The van der Waals surface area contributed by atoms with Crippen molar-refractivity contribution in [3.05, 3.63) is 108 Å². The van der Waals surface area contributed by atoms with E-state index in [-0.39, 0.29) is 169 Å². The number of amidine groups is 3. The molecule has 3 spiro atoms. The highest BCUT2D eigenvalue weighted by Crippen LogP contribution is 2.45. The molecule has 0 aromatic heterocycles. The van der Waals surface area contributed by atoms with E-state index in [1.54, 1.807) is 24.3 Å². The number of benzene rings is 3. The molecule has 9 fully saturated rings. The molecule has 0 bridgehead atoms. The topological polar surface area (TPSA) is 351 Å². The van der Waals surface area contributed by atoms with E-state index in [1.165, 1.54) is 42.3 Å². The van der Waals surface area contributed by atoms with Gasteiger partial charge < -0.3 is 64.1 Å². The number of nitrogens with one attached hydrogen (secondary N) is 3. The number of hydrogen-bond acceptors (Lipinski definition) is 22. The van der Waals surface area contributed by atoms with Gasteiger partial charge in [0.2, 0.25) is 30.1 Å². The molecule has 0 radical (unpaired) electrons. The third-order valence-electron chi connectivity index (χ3n) is 28.0. The number of alkyl halides is 9. The molecule has 3 saturated carbocycles. The van der Waals surface area contributed by atoms with Gasteiger partial charge in [0.15, 0.2) is 11.6 Å². The number of sulfonamides is 3. The number of piperidine rings is 3. The van der Waals surface area contributed by atoms with Gasteiger partial charge in [-0.05, 0) is 328 Å². The second kappa shape index (κ2) is 48.5. The summed E-state index contributed by atoms with van der Waals surface area (Å²) in [6.07, 6.45) is 0.274. The molecule has 6 saturated heterocycles. The summed E-state index contributed by atoms with van der Waals surface area (Å²) in [6, 6.07) is 11.3. The van der Waals surface area contributed by atoms with Crippen LogP contribution in [0.5, 0.6) is 17.2 Å². The highest BCUT2D eigenvalue weighted by Gasteiger charge is 2.53. The summed E-state index contributed by atoms with van der Waals surface area (Å²) in [7, 11) is -11.0. The zero-order valence-electron chi connectivity index (χ0n) is 81.0. The van der Waals surface area contributed by atoms with Gasteiger partial charge in [-0.3, -0.25) is 29.4 Å². The molecular weight excluding hydrogens is 1980 g/mol. The summed E-state index contributed by atoms with van der Waals surface area (Å²) in [5, 5.41) is 30.4. The molecule has 3 aromatic carbocycles. The van der Waals surface area contributed by atoms with Crippen LogP contribution in [0.15, 0.2) is 78.7 Å². The first-order valence-corrected chi connectivity index (χ1v) is 53.3. The molecule has 3 aliphatic carbocycles. The second-order valence-corrected chi connectivity index (χ2v) is 45.8. The normalized spacial score (nSPS) is 25.7. The Balaban J connectivity index is 0.000000195. The third kappa shape index (κ3) is 32.6. The molecule has 42 heteroatoms. The summed E-state index contributed by atoms with van der Waals surface area (Å²) in [4.78, 5) is 52.8. The van der Waals surface area contributed by atoms with Crippen LogP contribution >= 0.6 is 28.3 Å². The van der Waals surface area contributed by atoms with E-state index in [9.17, 15) is 84.3 Å². The van der Waals surface area contributed by atoms with Gasteiger partial charge in [0.1, 0.15) is 89.5 Å². The molecule has 1 unspecified atom stereocenters. The molecule has 780 valence electrons. The largest absolute Gasteiger partial charge is 0.491 e. The Labute approximate surface area is 826 Å². The van der Waals surface area contributed by atoms with Gasteiger partial charge in [-0.1, -0.05) is 22.5 Å². The number of aliphatic hydroxyl groups is 2. The molecule has 12 aliphatic rings. The number of aliphatic imine (C=N–C) groups is 3. The van der Waals surface area contributed by atoms with E-state index in [4.69, 9.17) is 53.0 Å². The lowest BCUT2D eigenvalue weighted by Gasteiger charge is -2.34. The molecule has 5 N–H and O–H groups in total. The van der Waals surface area contributed by atoms with Gasteiger partial charge in [0, 0.05) is 110 Å². The van der Waals surface area contributed by atoms with E-state index in [0.717, 1.165) is 67.6 Å². The predicted molar refractivity (Wildman–Crippen MR) is 517 cm³/mol. The minimum absolute atomic E-state index is 0. The minimum atomic E-state index is -4.14. The van der Waals surface area contributed by atoms with Crippen molar-refractivity contribution in [2.24, 2.45) is 50.5 Å². The van der Waals surface area contributed by atoms with Crippen LogP contribution in [0.3, 0.4) is 0 Å². The monoisotopic (exact) mass is 2110 g/mol. The van der Waals surface area contributed by atoms with Crippen LogP contribution in [0.2, 0.25) is 0 Å². The Morgan fingerprint density at radius 1 is 0.482 bits per heavy atom. The van der Waals surface area contributed by atoms with Crippen molar-refractivity contribution in [3.8, 4) is 17.2 Å². The first-order chi connectivity index (χ1) is 64.7. The number of rotatable bonds is 27. The Kier molecular flexibility index (Phi) is 39.9. The number of carbonyl (C=O) groups excluding carboxylic acids is 3. The van der Waals surface area contributed by atoms with Gasteiger partial charge in [-0.25, -0.2) is 25.3 Å². The van der Waals surface area contributed by atoms with Crippen LogP contribution in [0.4, 0.5) is 39.5 Å². The van der Waals surface area contributed by atoms with Crippen LogP contribution in [0, 0.1) is 77.0 Å². The molecule has 9 aliphatic heterocycles. The van der Waals surface area contributed by atoms with E-state index < -0.39 is 109 Å².